The third-order valence-electron chi connectivity index (χ3n) is 11.3. The Labute approximate surface area is 336 Å². The molecule has 1 aromatic heterocycles. The van der Waals surface area contributed by atoms with Gasteiger partial charge in [0.05, 0.1) is 41.6 Å². The highest BCUT2D eigenvalue weighted by Crippen LogP contribution is 2.55. The summed E-state index contributed by atoms with van der Waals surface area (Å²) >= 11 is 6.23. The number of nitriles is 1. The second kappa shape index (κ2) is 16.3. The molecule has 1 saturated carbocycles. The van der Waals surface area contributed by atoms with Gasteiger partial charge < -0.3 is 29.3 Å². The third-order valence-corrected chi connectivity index (χ3v) is 11.6. The lowest BCUT2D eigenvalue weighted by Crippen LogP contribution is -2.74. The molecule has 14 heteroatoms. The summed E-state index contributed by atoms with van der Waals surface area (Å²) in [6, 6.07) is 19.0. The highest BCUT2D eigenvalue weighted by atomic mass is 35.5. The molecule has 1 aliphatic carbocycles. The number of hydrogen-bond donors (Lipinski definition) is 1. The summed E-state index contributed by atoms with van der Waals surface area (Å²) in [5, 5.41) is 12.8. The van der Waals surface area contributed by atoms with E-state index in [0.29, 0.717) is 52.0 Å². The zero-order chi connectivity index (χ0) is 40.5. The van der Waals surface area contributed by atoms with E-state index in [2.05, 4.69) is 53.9 Å². The maximum Gasteiger partial charge on any atom is 0.259 e. The molecule has 57 heavy (non-hydrogen) atoms. The number of benzene rings is 3. The average molecular weight is 799 g/mol. The van der Waals surface area contributed by atoms with Gasteiger partial charge in [0.15, 0.2) is 0 Å². The summed E-state index contributed by atoms with van der Waals surface area (Å²) in [6.07, 6.45) is 1.42. The minimum Gasteiger partial charge on any atom is -0.491 e. The van der Waals surface area contributed by atoms with Crippen molar-refractivity contribution in [2.24, 2.45) is 10.8 Å². The number of fused-ring (bicyclic) bond motifs is 1. The van der Waals surface area contributed by atoms with E-state index in [1.54, 1.807) is 42.6 Å². The van der Waals surface area contributed by atoms with Crippen molar-refractivity contribution in [3.05, 3.63) is 112 Å². The topological polar surface area (TPSA) is 120 Å². The molecule has 1 N–H and O–H groups in total. The van der Waals surface area contributed by atoms with Crippen LogP contribution in [0.3, 0.4) is 0 Å². The molecule has 3 aromatic carbocycles. The van der Waals surface area contributed by atoms with E-state index < -0.39 is 11.6 Å². The maximum absolute atomic E-state index is 14.4. The fraction of sp³-hybridized carbons (Fsp3) is 0.395. The Morgan fingerprint density at radius 2 is 1.75 bits per heavy atom. The lowest BCUT2D eigenvalue weighted by Gasteiger charge is -2.63. The van der Waals surface area contributed by atoms with E-state index in [9.17, 15) is 23.6 Å². The molecule has 2 amide bonds. The first-order chi connectivity index (χ1) is 27.3. The summed E-state index contributed by atoms with van der Waals surface area (Å²) in [7, 11) is 0. The molecule has 1 saturated heterocycles. The molecular formula is C43H45ClF2N6O5. The number of aromatic nitrogens is 1. The molecule has 3 heterocycles. The number of halogens is 3. The highest BCUT2D eigenvalue weighted by Gasteiger charge is 2.64. The second-order valence-electron chi connectivity index (χ2n) is 15.8. The summed E-state index contributed by atoms with van der Waals surface area (Å²) in [4.78, 5) is 36.8. The van der Waals surface area contributed by atoms with E-state index in [4.69, 9.17) is 25.8 Å². The number of ether oxygens (including phenoxy) is 3. The van der Waals surface area contributed by atoms with Crippen LogP contribution in [0.2, 0.25) is 5.02 Å². The standard InChI is InChI=1S/C43H45ClF2N6O5/c1-42(2)40(43(3,4)41(42)57-30-11-8-27(24-47)33(44)23-30)49-38(53)28-9-13-37(48-25-28)51-16-14-50(15-17-51)18-19-55-20-21-56-36-7-5-6-31-32(36)26-52(39(31)54)35-12-10-29(45)22-34(35)46/h5-13,22-23,25,40-41H,14-21,26H2,1-4H3,(H,49,53)/t40-,41-. The lowest BCUT2D eigenvalue weighted by molar-refractivity contribution is -0.164. The van der Waals surface area contributed by atoms with Gasteiger partial charge in [-0.2, -0.15) is 5.26 Å². The molecule has 0 atom stereocenters. The minimum atomic E-state index is -0.796. The second-order valence-corrected chi connectivity index (χ2v) is 16.2. The van der Waals surface area contributed by atoms with Gasteiger partial charge >= 0.3 is 0 Å². The Morgan fingerprint density at radius 1 is 0.982 bits per heavy atom. The van der Waals surface area contributed by atoms with Gasteiger partial charge in [0, 0.05) is 79.1 Å². The molecule has 11 nitrogen and oxygen atoms in total. The first-order valence-corrected chi connectivity index (χ1v) is 19.4. The molecule has 0 bridgehead atoms. The monoisotopic (exact) mass is 798 g/mol. The first kappa shape index (κ1) is 39.9. The van der Waals surface area contributed by atoms with E-state index in [1.807, 2.05) is 12.1 Å². The van der Waals surface area contributed by atoms with Gasteiger partial charge in [0.1, 0.15) is 47.7 Å². The molecule has 298 valence electrons. The fourth-order valence-corrected chi connectivity index (χ4v) is 8.77. The number of carbonyl (C=O) groups excluding carboxylic acids is 2. The Morgan fingerprint density at radius 3 is 2.44 bits per heavy atom. The first-order valence-electron chi connectivity index (χ1n) is 19.0. The van der Waals surface area contributed by atoms with E-state index in [0.717, 1.165) is 50.7 Å². The van der Waals surface area contributed by atoms with Gasteiger partial charge in [0.2, 0.25) is 0 Å². The highest BCUT2D eigenvalue weighted by molar-refractivity contribution is 6.31. The Bertz CT molecular complexity index is 2170. The van der Waals surface area contributed by atoms with Crippen LogP contribution in [0.1, 0.15) is 59.5 Å². The number of pyridine rings is 1. The van der Waals surface area contributed by atoms with Crippen LogP contribution < -0.4 is 24.6 Å². The summed E-state index contributed by atoms with van der Waals surface area (Å²) in [5.74, 6) is -0.119. The zero-order valence-corrected chi connectivity index (χ0v) is 33.1. The molecule has 2 fully saturated rings. The summed E-state index contributed by atoms with van der Waals surface area (Å²) in [6.45, 7) is 13.6. The number of amides is 2. The van der Waals surface area contributed by atoms with Gasteiger partial charge in [-0.15, -0.1) is 0 Å². The summed E-state index contributed by atoms with van der Waals surface area (Å²) < 4.78 is 46.0. The van der Waals surface area contributed by atoms with Crippen molar-refractivity contribution in [3.8, 4) is 17.6 Å². The van der Waals surface area contributed by atoms with Crippen molar-refractivity contribution >= 4 is 34.9 Å². The van der Waals surface area contributed by atoms with Crippen LogP contribution in [0.15, 0.2) is 72.9 Å². The van der Waals surface area contributed by atoms with Gasteiger partial charge in [0.25, 0.3) is 11.8 Å². The summed E-state index contributed by atoms with van der Waals surface area (Å²) in [5.41, 5.74) is 1.23. The number of nitrogens with zero attached hydrogens (tertiary/aromatic N) is 5. The predicted octanol–water partition coefficient (Wildman–Crippen LogP) is 6.87. The van der Waals surface area contributed by atoms with Crippen molar-refractivity contribution in [2.75, 3.05) is 62.3 Å². The largest absolute Gasteiger partial charge is 0.491 e. The Hall–Kier alpha value is -5.29. The molecule has 3 aliphatic rings. The number of carbonyl (C=O) groups is 2. The Kier molecular flexibility index (Phi) is 11.4. The molecule has 0 unspecified atom stereocenters. The molecular weight excluding hydrogens is 754 g/mol. The maximum atomic E-state index is 14.4. The SMILES string of the molecule is CC1(C)[C@H](NC(=O)c2ccc(N3CCN(CCOCCOc4cccc5c4CN(c4ccc(F)cc4F)C5=O)CC3)nc2)C(C)(C)[C@H]1Oc1ccc(C#N)c(Cl)c1. The van der Waals surface area contributed by atoms with Crippen molar-refractivity contribution in [1.29, 1.82) is 5.26 Å². The number of nitrogens with one attached hydrogen (secondary N) is 1. The van der Waals surface area contributed by atoms with Gasteiger partial charge in [-0.1, -0.05) is 45.4 Å². The van der Waals surface area contributed by atoms with Crippen molar-refractivity contribution < 1.29 is 32.6 Å². The lowest BCUT2D eigenvalue weighted by atomic mass is 9.49. The molecule has 2 aliphatic heterocycles. The zero-order valence-electron chi connectivity index (χ0n) is 32.4. The van der Waals surface area contributed by atoms with E-state index in [-0.39, 0.29) is 53.6 Å². The molecule has 4 aromatic rings. The number of piperazine rings is 1. The predicted molar refractivity (Wildman–Crippen MR) is 212 cm³/mol. The van der Waals surface area contributed by atoms with Crippen LogP contribution in [0.25, 0.3) is 0 Å². The van der Waals surface area contributed by atoms with Gasteiger partial charge in [-0.25, -0.2) is 13.8 Å². The number of rotatable bonds is 13. The molecule has 0 spiro atoms. The number of anilines is 2. The van der Waals surface area contributed by atoms with Crippen LogP contribution in [0.5, 0.6) is 11.5 Å². The van der Waals surface area contributed by atoms with Crippen LogP contribution in [-0.2, 0) is 11.3 Å². The van der Waals surface area contributed by atoms with Crippen LogP contribution in [-0.4, -0.2) is 86.4 Å². The Balaban J connectivity index is 0.819. The van der Waals surface area contributed by atoms with Crippen LogP contribution in [0, 0.1) is 33.8 Å². The van der Waals surface area contributed by atoms with Crippen LogP contribution in [0.4, 0.5) is 20.3 Å². The third kappa shape index (κ3) is 8.12. The smallest absolute Gasteiger partial charge is 0.259 e. The quantitative estimate of drug-likeness (QED) is 0.145. The molecule has 7 rings (SSSR count). The van der Waals surface area contributed by atoms with E-state index >= 15 is 0 Å². The van der Waals surface area contributed by atoms with E-state index in [1.165, 1.54) is 11.0 Å². The average Bonchev–Trinajstić information content (AvgIpc) is 3.53. The fourth-order valence-electron chi connectivity index (χ4n) is 8.56. The van der Waals surface area contributed by atoms with Crippen LogP contribution >= 0.6 is 11.6 Å². The minimum absolute atomic E-state index is 0.0237. The van der Waals surface area contributed by atoms with Crippen molar-refractivity contribution in [1.82, 2.24) is 15.2 Å². The number of hydrogen-bond acceptors (Lipinski definition) is 9. The van der Waals surface area contributed by atoms with Crippen molar-refractivity contribution in [3.63, 3.8) is 0 Å². The van der Waals surface area contributed by atoms with Crippen molar-refractivity contribution in [2.45, 2.75) is 46.4 Å². The normalized spacial score (nSPS) is 19.7. The van der Waals surface area contributed by atoms with Gasteiger partial charge in [-0.3, -0.25) is 14.5 Å². The molecule has 0 radical (unpaired) electrons. The van der Waals surface area contributed by atoms with Gasteiger partial charge in [-0.05, 0) is 48.5 Å².